The number of likely N-dealkylation sites (tertiary alicyclic amines) is 1. The molecule has 0 spiro atoms. The van der Waals surface area contributed by atoms with Gasteiger partial charge in [-0.05, 0) is 19.9 Å². The van der Waals surface area contributed by atoms with E-state index in [1.165, 1.54) is 11.3 Å². The Morgan fingerprint density at radius 3 is 2.89 bits per heavy atom. The molecule has 1 saturated heterocycles. The Labute approximate surface area is 115 Å². The number of hydrogen-bond acceptors (Lipinski definition) is 5. The summed E-state index contributed by atoms with van der Waals surface area (Å²) in [5.41, 5.74) is 10.6. The van der Waals surface area contributed by atoms with Gasteiger partial charge in [0.15, 0.2) is 0 Å². The van der Waals surface area contributed by atoms with E-state index in [1.54, 1.807) is 17.2 Å². The van der Waals surface area contributed by atoms with Gasteiger partial charge in [-0.3, -0.25) is 9.59 Å². The Morgan fingerprint density at radius 2 is 2.32 bits per heavy atom. The summed E-state index contributed by atoms with van der Waals surface area (Å²) in [6.45, 7) is 3.22. The maximum Gasteiger partial charge on any atom is 0.273 e. The van der Waals surface area contributed by atoms with Crippen LogP contribution in [0.2, 0.25) is 0 Å². The first-order chi connectivity index (χ1) is 8.96. The lowest BCUT2D eigenvalue weighted by Gasteiger charge is -2.20. The van der Waals surface area contributed by atoms with Gasteiger partial charge in [-0.2, -0.15) is 0 Å². The Bertz CT molecular complexity index is 502. The second-order valence-corrected chi connectivity index (χ2v) is 6.01. The zero-order valence-electron chi connectivity index (χ0n) is 10.9. The predicted octanol–water partition coefficient (Wildman–Crippen LogP) is -0.0182. The average molecular weight is 282 g/mol. The van der Waals surface area contributed by atoms with E-state index in [0.717, 1.165) is 5.01 Å². The van der Waals surface area contributed by atoms with Crippen molar-refractivity contribution >= 4 is 23.2 Å². The first-order valence-electron chi connectivity index (χ1n) is 6.20. The Balaban J connectivity index is 2.06. The normalized spacial score (nSPS) is 22.7. The Hall–Kier alpha value is -1.47. The molecule has 19 heavy (non-hydrogen) atoms. The molecule has 0 saturated carbocycles. The third kappa shape index (κ3) is 2.76. The van der Waals surface area contributed by atoms with Crippen molar-refractivity contribution < 1.29 is 9.59 Å². The molecule has 1 unspecified atom stereocenters. The molecule has 1 aliphatic heterocycles. The topological polar surface area (TPSA) is 102 Å². The maximum atomic E-state index is 12.3. The molecule has 1 aromatic rings. The molecule has 0 radical (unpaired) electrons. The van der Waals surface area contributed by atoms with Crippen LogP contribution in [-0.4, -0.2) is 41.3 Å². The lowest BCUT2D eigenvalue weighted by molar-refractivity contribution is -0.126. The van der Waals surface area contributed by atoms with Crippen molar-refractivity contribution in [2.45, 2.75) is 19.8 Å². The minimum Gasteiger partial charge on any atom is -0.369 e. The number of carbonyl (C=O) groups excluding carboxylic acids is 2. The van der Waals surface area contributed by atoms with Gasteiger partial charge in [0, 0.05) is 24.9 Å². The summed E-state index contributed by atoms with van der Waals surface area (Å²) in [7, 11) is 0. The van der Waals surface area contributed by atoms with E-state index < -0.39 is 5.41 Å². The van der Waals surface area contributed by atoms with Crippen LogP contribution in [0.4, 0.5) is 0 Å². The van der Waals surface area contributed by atoms with Crippen LogP contribution in [0.15, 0.2) is 5.38 Å². The Kier molecular flexibility index (Phi) is 3.86. The predicted molar refractivity (Wildman–Crippen MR) is 72.7 cm³/mol. The van der Waals surface area contributed by atoms with E-state index in [4.69, 9.17) is 11.5 Å². The maximum absolute atomic E-state index is 12.3. The average Bonchev–Trinajstić information content (AvgIpc) is 2.97. The van der Waals surface area contributed by atoms with Gasteiger partial charge in [0.05, 0.1) is 10.4 Å². The van der Waals surface area contributed by atoms with Crippen LogP contribution in [0.5, 0.6) is 0 Å². The van der Waals surface area contributed by atoms with Crippen LogP contribution in [-0.2, 0) is 11.2 Å². The lowest BCUT2D eigenvalue weighted by atomic mass is 9.89. The van der Waals surface area contributed by atoms with Gasteiger partial charge in [0.2, 0.25) is 5.91 Å². The quantitative estimate of drug-likeness (QED) is 0.810. The van der Waals surface area contributed by atoms with Crippen molar-refractivity contribution in [2.75, 3.05) is 19.6 Å². The molecule has 7 heteroatoms. The number of amides is 2. The number of rotatable bonds is 4. The monoisotopic (exact) mass is 282 g/mol. The van der Waals surface area contributed by atoms with Crippen molar-refractivity contribution in [1.29, 1.82) is 0 Å². The van der Waals surface area contributed by atoms with Crippen LogP contribution in [0.1, 0.15) is 28.8 Å². The molecule has 2 amide bonds. The van der Waals surface area contributed by atoms with E-state index >= 15 is 0 Å². The van der Waals surface area contributed by atoms with Crippen molar-refractivity contribution in [1.82, 2.24) is 9.88 Å². The van der Waals surface area contributed by atoms with Gasteiger partial charge in [0.1, 0.15) is 5.69 Å². The third-order valence-electron chi connectivity index (χ3n) is 3.48. The SMILES string of the molecule is CC1(C(N)=O)CCN(C(=O)c2csc(CCN)n2)C1. The molecule has 0 aliphatic carbocycles. The number of thiazole rings is 1. The summed E-state index contributed by atoms with van der Waals surface area (Å²) in [5.74, 6) is -0.491. The first kappa shape index (κ1) is 14.0. The molecular weight excluding hydrogens is 264 g/mol. The van der Waals surface area contributed by atoms with Gasteiger partial charge >= 0.3 is 0 Å². The highest BCUT2D eigenvalue weighted by Gasteiger charge is 2.41. The molecule has 2 rings (SSSR count). The van der Waals surface area contributed by atoms with Gasteiger partial charge in [0.25, 0.3) is 5.91 Å². The van der Waals surface area contributed by atoms with Crippen molar-refractivity contribution in [3.63, 3.8) is 0 Å². The number of primary amides is 1. The van der Waals surface area contributed by atoms with E-state index in [1.807, 2.05) is 0 Å². The summed E-state index contributed by atoms with van der Waals surface area (Å²) in [6.07, 6.45) is 1.28. The fourth-order valence-corrected chi connectivity index (χ4v) is 2.93. The summed E-state index contributed by atoms with van der Waals surface area (Å²) in [4.78, 5) is 29.5. The fourth-order valence-electron chi connectivity index (χ4n) is 2.14. The van der Waals surface area contributed by atoms with Gasteiger partial charge in [-0.1, -0.05) is 0 Å². The molecular formula is C12H18N4O2S. The first-order valence-corrected chi connectivity index (χ1v) is 7.08. The highest BCUT2D eigenvalue weighted by atomic mass is 32.1. The van der Waals surface area contributed by atoms with Gasteiger partial charge in [-0.15, -0.1) is 11.3 Å². The molecule has 1 fully saturated rings. The zero-order chi connectivity index (χ0) is 14.0. The second-order valence-electron chi connectivity index (χ2n) is 5.07. The van der Waals surface area contributed by atoms with E-state index in [9.17, 15) is 9.59 Å². The van der Waals surface area contributed by atoms with Crippen LogP contribution in [0, 0.1) is 5.41 Å². The molecule has 1 aliphatic rings. The minimum absolute atomic E-state index is 0.135. The molecule has 104 valence electrons. The Morgan fingerprint density at radius 1 is 1.58 bits per heavy atom. The number of aromatic nitrogens is 1. The molecule has 6 nitrogen and oxygen atoms in total. The summed E-state index contributed by atoms with van der Waals surface area (Å²) in [5, 5.41) is 2.61. The lowest BCUT2D eigenvalue weighted by Crippen LogP contribution is -2.38. The summed E-state index contributed by atoms with van der Waals surface area (Å²) >= 11 is 1.44. The van der Waals surface area contributed by atoms with Crippen LogP contribution in [0.25, 0.3) is 0 Å². The van der Waals surface area contributed by atoms with Gasteiger partial charge < -0.3 is 16.4 Å². The third-order valence-corrected chi connectivity index (χ3v) is 4.39. The van der Waals surface area contributed by atoms with E-state index in [-0.39, 0.29) is 11.8 Å². The number of carbonyl (C=O) groups is 2. The van der Waals surface area contributed by atoms with Crippen molar-refractivity contribution in [3.8, 4) is 0 Å². The zero-order valence-corrected chi connectivity index (χ0v) is 11.7. The van der Waals surface area contributed by atoms with Crippen LogP contribution >= 0.6 is 11.3 Å². The molecule has 4 N–H and O–H groups in total. The number of hydrogen-bond donors (Lipinski definition) is 2. The number of nitrogens with zero attached hydrogens (tertiary/aromatic N) is 2. The summed E-state index contributed by atoms with van der Waals surface area (Å²) < 4.78 is 0. The molecule has 2 heterocycles. The number of nitrogens with two attached hydrogens (primary N) is 2. The molecule has 0 bridgehead atoms. The largest absolute Gasteiger partial charge is 0.369 e. The molecule has 1 atom stereocenters. The van der Waals surface area contributed by atoms with Gasteiger partial charge in [-0.25, -0.2) is 4.98 Å². The summed E-state index contributed by atoms with van der Waals surface area (Å²) in [6, 6.07) is 0. The van der Waals surface area contributed by atoms with E-state index in [2.05, 4.69) is 4.98 Å². The standard InChI is InChI=1S/C12H18N4O2S/c1-12(11(14)18)3-5-16(7-12)10(17)8-6-19-9(15-8)2-4-13/h6H,2-5,7,13H2,1H3,(H2,14,18). The fraction of sp³-hybridized carbons (Fsp3) is 0.583. The van der Waals surface area contributed by atoms with Crippen molar-refractivity contribution in [3.05, 3.63) is 16.1 Å². The van der Waals surface area contributed by atoms with Crippen molar-refractivity contribution in [2.24, 2.45) is 16.9 Å². The van der Waals surface area contributed by atoms with Crippen LogP contribution in [0.3, 0.4) is 0 Å². The molecule has 1 aromatic heterocycles. The minimum atomic E-state index is -0.619. The second kappa shape index (κ2) is 5.26. The highest BCUT2D eigenvalue weighted by Crippen LogP contribution is 2.30. The van der Waals surface area contributed by atoms with E-state index in [0.29, 0.717) is 38.2 Å². The smallest absolute Gasteiger partial charge is 0.273 e. The molecule has 0 aromatic carbocycles. The van der Waals surface area contributed by atoms with Crippen LogP contribution < -0.4 is 11.5 Å². The highest BCUT2D eigenvalue weighted by molar-refractivity contribution is 7.09.